The van der Waals surface area contributed by atoms with E-state index in [4.69, 9.17) is 22.1 Å². The van der Waals surface area contributed by atoms with Gasteiger partial charge in [0.05, 0.1) is 10.5 Å². The van der Waals surface area contributed by atoms with E-state index in [0.29, 0.717) is 23.9 Å². The number of hydrogen-bond acceptors (Lipinski definition) is 3. The molecule has 0 amide bonds. The molecule has 1 heterocycles. The first-order valence-corrected chi connectivity index (χ1v) is 7.09. The Balaban J connectivity index is 1.77. The third kappa shape index (κ3) is 3.15. The molecule has 0 saturated carbocycles. The molecule has 0 unspecified atom stereocenters. The first-order chi connectivity index (χ1) is 10.3. The zero-order valence-electron chi connectivity index (χ0n) is 11.4. The summed E-state index contributed by atoms with van der Waals surface area (Å²) in [5.41, 5.74) is 8.63. The molecule has 3 aromatic rings. The van der Waals surface area contributed by atoms with Crippen molar-refractivity contribution in [1.82, 2.24) is 4.98 Å². The van der Waals surface area contributed by atoms with Gasteiger partial charge in [-0.2, -0.15) is 0 Å². The zero-order chi connectivity index (χ0) is 14.7. The summed E-state index contributed by atoms with van der Waals surface area (Å²) in [6, 6.07) is 15.7. The van der Waals surface area contributed by atoms with Gasteiger partial charge in [-0.1, -0.05) is 29.8 Å². The number of fused-ring (bicyclic) bond motifs is 1. The molecule has 0 aliphatic carbocycles. The van der Waals surface area contributed by atoms with E-state index >= 15 is 0 Å². The van der Waals surface area contributed by atoms with E-state index in [1.54, 1.807) is 6.20 Å². The van der Waals surface area contributed by atoms with Crippen molar-refractivity contribution in [2.24, 2.45) is 5.73 Å². The number of pyridine rings is 1. The lowest BCUT2D eigenvalue weighted by Gasteiger charge is -2.09. The molecule has 0 radical (unpaired) electrons. The maximum absolute atomic E-state index is 6.18. The highest BCUT2D eigenvalue weighted by atomic mass is 35.5. The molecule has 0 spiro atoms. The number of hydrogen-bond donors (Lipinski definition) is 1. The van der Waals surface area contributed by atoms with Gasteiger partial charge in [-0.25, -0.2) is 0 Å². The summed E-state index contributed by atoms with van der Waals surface area (Å²) in [6.07, 6.45) is 1.79. The third-order valence-corrected chi connectivity index (χ3v) is 3.59. The highest BCUT2D eigenvalue weighted by Gasteiger charge is 2.04. The van der Waals surface area contributed by atoms with Crippen LogP contribution in [0.1, 0.15) is 11.1 Å². The van der Waals surface area contributed by atoms with Crippen LogP contribution >= 0.6 is 11.6 Å². The van der Waals surface area contributed by atoms with Crippen molar-refractivity contribution < 1.29 is 4.74 Å². The van der Waals surface area contributed by atoms with E-state index < -0.39 is 0 Å². The minimum atomic E-state index is 0.465. The Bertz CT molecular complexity index is 774. The quantitative estimate of drug-likeness (QED) is 0.794. The van der Waals surface area contributed by atoms with Crippen molar-refractivity contribution in [1.29, 1.82) is 0 Å². The Morgan fingerprint density at radius 1 is 1.05 bits per heavy atom. The Hall–Kier alpha value is -2.10. The van der Waals surface area contributed by atoms with E-state index in [1.807, 2.05) is 42.5 Å². The van der Waals surface area contributed by atoms with E-state index in [-0.39, 0.29) is 0 Å². The topological polar surface area (TPSA) is 48.1 Å². The first kappa shape index (κ1) is 13.9. The molecular formula is C17H15ClN2O. The summed E-state index contributed by atoms with van der Waals surface area (Å²) in [5, 5.41) is 1.68. The molecule has 0 aliphatic heterocycles. The van der Waals surface area contributed by atoms with Crippen LogP contribution < -0.4 is 10.5 Å². The molecule has 3 rings (SSSR count). The molecule has 21 heavy (non-hydrogen) atoms. The second-order valence-electron chi connectivity index (χ2n) is 4.79. The van der Waals surface area contributed by atoms with Gasteiger partial charge in [-0.15, -0.1) is 0 Å². The highest BCUT2D eigenvalue weighted by molar-refractivity contribution is 6.32. The summed E-state index contributed by atoms with van der Waals surface area (Å²) < 4.78 is 5.78. The smallest absolute Gasteiger partial charge is 0.138 e. The molecule has 0 atom stereocenters. The number of nitrogens with two attached hydrogens (primary N) is 1. The van der Waals surface area contributed by atoms with Gasteiger partial charge in [-0.05, 0) is 41.5 Å². The number of nitrogens with zero attached hydrogens (tertiary/aromatic N) is 1. The first-order valence-electron chi connectivity index (χ1n) is 6.71. The van der Waals surface area contributed by atoms with Crippen molar-refractivity contribution in [3.8, 4) is 5.75 Å². The normalized spacial score (nSPS) is 10.8. The van der Waals surface area contributed by atoms with Gasteiger partial charge in [0.2, 0.25) is 0 Å². The molecule has 106 valence electrons. The van der Waals surface area contributed by atoms with Gasteiger partial charge in [0.1, 0.15) is 12.4 Å². The number of halogens is 1. The fourth-order valence-corrected chi connectivity index (χ4v) is 2.42. The fraction of sp³-hybridized carbons (Fsp3) is 0.118. The van der Waals surface area contributed by atoms with Crippen LogP contribution in [0.3, 0.4) is 0 Å². The third-order valence-electron chi connectivity index (χ3n) is 3.29. The van der Waals surface area contributed by atoms with Gasteiger partial charge in [0.25, 0.3) is 0 Å². The molecule has 1 aromatic heterocycles. The van der Waals surface area contributed by atoms with Gasteiger partial charge in [0, 0.05) is 18.1 Å². The van der Waals surface area contributed by atoms with Crippen LogP contribution in [0, 0.1) is 0 Å². The second kappa shape index (κ2) is 6.12. The molecule has 2 aromatic carbocycles. The SMILES string of the molecule is NCc1ccc(OCc2ccc3ncccc3c2)c(Cl)c1. The van der Waals surface area contributed by atoms with Crippen LogP contribution in [0.2, 0.25) is 5.02 Å². The minimum absolute atomic E-state index is 0.465. The maximum Gasteiger partial charge on any atom is 0.138 e. The van der Waals surface area contributed by atoms with Crippen LogP contribution in [-0.2, 0) is 13.2 Å². The van der Waals surface area contributed by atoms with Crippen LogP contribution in [-0.4, -0.2) is 4.98 Å². The van der Waals surface area contributed by atoms with E-state index in [0.717, 1.165) is 22.0 Å². The predicted molar refractivity (Wildman–Crippen MR) is 85.4 cm³/mol. The Morgan fingerprint density at radius 3 is 2.71 bits per heavy atom. The lowest BCUT2D eigenvalue weighted by atomic mass is 10.1. The molecule has 0 bridgehead atoms. The largest absolute Gasteiger partial charge is 0.487 e. The number of rotatable bonds is 4. The average Bonchev–Trinajstić information content (AvgIpc) is 2.53. The average molecular weight is 299 g/mol. The maximum atomic E-state index is 6.18. The lowest BCUT2D eigenvalue weighted by Crippen LogP contribution is -1.99. The predicted octanol–water partition coefficient (Wildman–Crippen LogP) is 3.93. The Morgan fingerprint density at radius 2 is 1.90 bits per heavy atom. The molecule has 3 nitrogen and oxygen atoms in total. The highest BCUT2D eigenvalue weighted by Crippen LogP contribution is 2.26. The van der Waals surface area contributed by atoms with Gasteiger partial charge in [-0.3, -0.25) is 4.98 Å². The number of aromatic nitrogens is 1. The standard InChI is InChI=1S/C17H15ClN2O/c18-15-9-12(10-19)4-6-17(15)21-11-13-3-5-16-14(8-13)2-1-7-20-16/h1-9H,10-11,19H2. The molecule has 2 N–H and O–H groups in total. The van der Waals surface area contributed by atoms with Crippen LogP contribution in [0.25, 0.3) is 10.9 Å². The lowest BCUT2D eigenvalue weighted by molar-refractivity contribution is 0.306. The number of ether oxygens (including phenoxy) is 1. The van der Waals surface area contributed by atoms with Gasteiger partial charge >= 0.3 is 0 Å². The summed E-state index contributed by atoms with van der Waals surface area (Å²) in [6.45, 7) is 0.935. The van der Waals surface area contributed by atoms with E-state index in [2.05, 4.69) is 11.1 Å². The van der Waals surface area contributed by atoms with Crippen molar-refractivity contribution in [2.75, 3.05) is 0 Å². The summed E-state index contributed by atoms with van der Waals surface area (Å²) in [5.74, 6) is 0.667. The van der Waals surface area contributed by atoms with Crippen molar-refractivity contribution in [2.45, 2.75) is 13.2 Å². The number of benzene rings is 2. The molecule has 0 saturated heterocycles. The molecule has 0 fully saturated rings. The Kier molecular flexibility index (Phi) is 4.04. The zero-order valence-corrected chi connectivity index (χ0v) is 12.2. The minimum Gasteiger partial charge on any atom is -0.487 e. The molecule has 0 aliphatic rings. The van der Waals surface area contributed by atoms with Gasteiger partial charge < -0.3 is 10.5 Å². The Labute approximate surface area is 128 Å². The van der Waals surface area contributed by atoms with E-state index in [9.17, 15) is 0 Å². The summed E-state index contributed by atoms with van der Waals surface area (Å²) in [4.78, 5) is 4.30. The summed E-state index contributed by atoms with van der Waals surface area (Å²) in [7, 11) is 0. The van der Waals surface area contributed by atoms with Crippen molar-refractivity contribution in [3.05, 3.63) is 70.9 Å². The van der Waals surface area contributed by atoms with Crippen molar-refractivity contribution in [3.63, 3.8) is 0 Å². The van der Waals surface area contributed by atoms with Gasteiger partial charge in [0.15, 0.2) is 0 Å². The van der Waals surface area contributed by atoms with E-state index in [1.165, 1.54) is 0 Å². The second-order valence-corrected chi connectivity index (χ2v) is 5.20. The summed E-state index contributed by atoms with van der Waals surface area (Å²) >= 11 is 6.18. The fourth-order valence-electron chi connectivity index (χ4n) is 2.16. The van der Waals surface area contributed by atoms with Crippen LogP contribution in [0.15, 0.2) is 54.7 Å². The molecule has 4 heteroatoms. The van der Waals surface area contributed by atoms with Crippen molar-refractivity contribution >= 4 is 22.5 Å². The molecular weight excluding hydrogens is 284 g/mol. The van der Waals surface area contributed by atoms with Crippen LogP contribution in [0.5, 0.6) is 5.75 Å². The monoisotopic (exact) mass is 298 g/mol. The van der Waals surface area contributed by atoms with Crippen LogP contribution in [0.4, 0.5) is 0 Å².